The molecule has 0 aliphatic heterocycles. The lowest BCUT2D eigenvalue weighted by Gasteiger charge is -2.05. The fraction of sp³-hybridized carbons (Fsp3) is 0.250. The van der Waals surface area contributed by atoms with E-state index in [1.54, 1.807) is 12.1 Å². The van der Waals surface area contributed by atoms with Crippen LogP contribution >= 0.6 is 27.5 Å². The van der Waals surface area contributed by atoms with E-state index in [1.807, 2.05) is 13.8 Å². The van der Waals surface area contributed by atoms with Crippen LogP contribution in [0, 0.1) is 0 Å². The maximum Gasteiger partial charge on any atom is 0.339 e. The average molecular weight is 343 g/mol. The Bertz CT molecular complexity index is 613. The van der Waals surface area contributed by atoms with Crippen LogP contribution in [0.1, 0.15) is 35.9 Å². The molecule has 0 bridgehead atoms. The molecular weight excluding hydrogens is 332 g/mol. The van der Waals surface area contributed by atoms with Crippen molar-refractivity contribution in [1.82, 2.24) is 9.36 Å². The lowest BCUT2D eigenvalue weighted by molar-refractivity contribution is 0.0694. The molecule has 7 heteroatoms. The molecule has 2 aromatic rings. The minimum Gasteiger partial charge on any atom is -0.478 e. The van der Waals surface area contributed by atoms with E-state index < -0.39 is 5.97 Å². The van der Waals surface area contributed by atoms with Crippen molar-refractivity contribution in [2.24, 2.45) is 0 Å². The number of carboxylic acid groups (broad SMARTS) is 1. The largest absolute Gasteiger partial charge is 0.478 e. The Morgan fingerprint density at radius 1 is 1.47 bits per heavy atom. The molecule has 0 unspecified atom stereocenters. The zero-order chi connectivity index (χ0) is 14.0. The van der Waals surface area contributed by atoms with Gasteiger partial charge in [-0.1, -0.05) is 29.8 Å². The van der Waals surface area contributed by atoms with Crippen molar-refractivity contribution in [3.63, 3.8) is 0 Å². The van der Waals surface area contributed by atoms with Crippen molar-refractivity contribution in [2.75, 3.05) is 0 Å². The Labute approximate surface area is 122 Å². The third-order valence-electron chi connectivity index (χ3n) is 2.31. The molecule has 0 atom stereocenters. The predicted octanol–water partition coefficient (Wildman–Crippen LogP) is 3.91. The molecule has 1 aromatic carbocycles. The van der Waals surface area contributed by atoms with Crippen LogP contribution < -0.4 is 4.74 Å². The summed E-state index contributed by atoms with van der Waals surface area (Å²) in [6, 6.07) is 4.72. The van der Waals surface area contributed by atoms with Gasteiger partial charge in [0.25, 0.3) is 5.19 Å². The van der Waals surface area contributed by atoms with Gasteiger partial charge >= 0.3 is 5.97 Å². The van der Waals surface area contributed by atoms with Crippen LogP contribution in [0.4, 0.5) is 0 Å². The van der Waals surface area contributed by atoms with Crippen LogP contribution in [0.3, 0.4) is 0 Å². The lowest BCUT2D eigenvalue weighted by Crippen LogP contribution is -2.00. The number of carboxylic acids is 1. The molecule has 0 aliphatic carbocycles. The molecule has 1 aromatic heterocycles. The third-order valence-corrected chi connectivity index (χ3v) is 3.41. The average Bonchev–Trinajstić information content (AvgIpc) is 2.77. The second-order valence-corrected chi connectivity index (χ2v) is 5.75. The molecule has 0 spiro atoms. The third kappa shape index (κ3) is 3.30. The summed E-state index contributed by atoms with van der Waals surface area (Å²) in [6.07, 6.45) is 0. The van der Waals surface area contributed by atoms with Crippen LogP contribution in [0.5, 0.6) is 10.9 Å². The molecule has 19 heavy (non-hydrogen) atoms. The van der Waals surface area contributed by atoms with E-state index in [9.17, 15) is 4.79 Å². The van der Waals surface area contributed by atoms with Crippen molar-refractivity contribution >= 4 is 33.4 Å². The Kier molecular flexibility index (Phi) is 4.16. The molecule has 100 valence electrons. The van der Waals surface area contributed by atoms with Crippen molar-refractivity contribution in [3.8, 4) is 10.9 Å². The second kappa shape index (κ2) is 5.66. The molecule has 1 N–H and O–H groups in total. The van der Waals surface area contributed by atoms with E-state index in [-0.39, 0.29) is 17.2 Å². The maximum atomic E-state index is 11.1. The second-order valence-electron chi connectivity index (χ2n) is 4.12. The fourth-order valence-electron chi connectivity index (χ4n) is 1.35. The number of benzene rings is 1. The quantitative estimate of drug-likeness (QED) is 0.911. The van der Waals surface area contributed by atoms with Gasteiger partial charge in [0, 0.05) is 21.9 Å². The van der Waals surface area contributed by atoms with E-state index in [4.69, 9.17) is 9.84 Å². The predicted molar refractivity (Wildman–Crippen MR) is 75.2 cm³/mol. The van der Waals surface area contributed by atoms with Gasteiger partial charge in [-0.25, -0.2) is 4.79 Å². The SMILES string of the molecule is CC(C)c1nsc(Oc2cc(Br)ccc2C(=O)O)n1. The lowest BCUT2D eigenvalue weighted by atomic mass is 10.2. The van der Waals surface area contributed by atoms with Gasteiger partial charge < -0.3 is 9.84 Å². The summed E-state index contributed by atoms with van der Waals surface area (Å²) in [6.45, 7) is 3.96. The number of hydrogen-bond acceptors (Lipinski definition) is 5. The first-order chi connectivity index (χ1) is 8.97. The molecule has 2 rings (SSSR count). The molecular formula is C12H11BrN2O3S. The summed E-state index contributed by atoms with van der Waals surface area (Å²) in [5, 5.41) is 9.44. The highest BCUT2D eigenvalue weighted by molar-refractivity contribution is 9.10. The summed E-state index contributed by atoms with van der Waals surface area (Å²) in [4.78, 5) is 15.3. The zero-order valence-electron chi connectivity index (χ0n) is 10.3. The molecule has 0 radical (unpaired) electrons. The molecule has 0 fully saturated rings. The number of nitrogens with zero attached hydrogens (tertiary/aromatic N) is 2. The van der Waals surface area contributed by atoms with Gasteiger partial charge in [0.2, 0.25) is 0 Å². The highest BCUT2D eigenvalue weighted by Gasteiger charge is 2.15. The highest BCUT2D eigenvalue weighted by atomic mass is 79.9. The summed E-state index contributed by atoms with van der Waals surface area (Å²) >= 11 is 4.39. The van der Waals surface area contributed by atoms with Crippen molar-refractivity contribution in [3.05, 3.63) is 34.1 Å². The maximum absolute atomic E-state index is 11.1. The van der Waals surface area contributed by atoms with Crippen molar-refractivity contribution in [1.29, 1.82) is 0 Å². The minimum absolute atomic E-state index is 0.0875. The first kappa shape index (κ1) is 14.0. The Morgan fingerprint density at radius 3 is 2.79 bits per heavy atom. The number of hydrogen-bond donors (Lipinski definition) is 1. The number of rotatable bonds is 4. The van der Waals surface area contributed by atoms with Gasteiger partial charge in [-0.2, -0.15) is 9.36 Å². The van der Waals surface area contributed by atoms with E-state index in [0.717, 1.165) is 16.0 Å². The summed E-state index contributed by atoms with van der Waals surface area (Å²) < 4.78 is 10.4. The van der Waals surface area contributed by atoms with Gasteiger partial charge in [0.15, 0.2) is 0 Å². The Morgan fingerprint density at radius 2 is 2.21 bits per heavy atom. The van der Waals surface area contributed by atoms with E-state index >= 15 is 0 Å². The fourth-order valence-corrected chi connectivity index (χ4v) is 2.37. The zero-order valence-corrected chi connectivity index (χ0v) is 12.7. The first-order valence-corrected chi connectivity index (χ1v) is 7.08. The van der Waals surface area contributed by atoms with Crippen molar-refractivity contribution < 1.29 is 14.6 Å². The first-order valence-electron chi connectivity index (χ1n) is 5.51. The smallest absolute Gasteiger partial charge is 0.339 e. The molecule has 0 saturated heterocycles. The van der Waals surface area contributed by atoms with Crippen LogP contribution in [0.25, 0.3) is 0 Å². The molecule has 0 aliphatic rings. The van der Waals surface area contributed by atoms with E-state index in [0.29, 0.717) is 11.0 Å². The monoisotopic (exact) mass is 342 g/mol. The standard InChI is InChI=1S/C12H11BrN2O3S/c1-6(2)10-14-12(19-15-10)18-9-5-7(13)3-4-8(9)11(16)17/h3-6H,1-2H3,(H,16,17). The van der Waals surface area contributed by atoms with Gasteiger partial charge in [-0.05, 0) is 18.2 Å². The van der Waals surface area contributed by atoms with Crippen LogP contribution in [0.2, 0.25) is 0 Å². The number of halogens is 1. The van der Waals surface area contributed by atoms with Gasteiger partial charge in [0.1, 0.15) is 17.1 Å². The normalized spacial score (nSPS) is 10.7. The number of ether oxygens (including phenoxy) is 1. The summed E-state index contributed by atoms with van der Waals surface area (Å²) in [5.74, 6) is 0.0892. The summed E-state index contributed by atoms with van der Waals surface area (Å²) in [5.41, 5.74) is 0.0875. The topological polar surface area (TPSA) is 72.3 Å². The molecule has 5 nitrogen and oxygen atoms in total. The Balaban J connectivity index is 2.31. The molecule has 1 heterocycles. The van der Waals surface area contributed by atoms with Gasteiger partial charge in [-0.3, -0.25) is 0 Å². The van der Waals surface area contributed by atoms with Crippen LogP contribution in [-0.4, -0.2) is 20.4 Å². The molecule has 0 amide bonds. The van der Waals surface area contributed by atoms with Gasteiger partial charge in [0.05, 0.1) is 0 Å². The van der Waals surface area contributed by atoms with Crippen molar-refractivity contribution in [2.45, 2.75) is 19.8 Å². The van der Waals surface area contributed by atoms with E-state index in [1.165, 1.54) is 6.07 Å². The number of aromatic nitrogens is 2. The van der Waals surface area contributed by atoms with E-state index in [2.05, 4.69) is 25.3 Å². The summed E-state index contributed by atoms with van der Waals surface area (Å²) in [7, 11) is 0. The van der Waals surface area contributed by atoms with Crippen LogP contribution in [0.15, 0.2) is 22.7 Å². The minimum atomic E-state index is -1.05. The number of aromatic carboxylic acids is 1. The Hall–Kier alpha value is -1.47. The molecule has 0 saturated carbocycles. The van der Waals surface area contributed by atoms with Gasteiger partial charge in [-0.15, -0.1) is 0 Å². The number of carbonyl (C=O) groups is 1. The van der Waals surface area contributed by atoms with Crippen LogP contribution in [-0.2, 0) is 0 Å². The highest BCUT2D eigenvalue weighted by Crippen LogP contribution is 2.30.